The number of rotatable bonds is 6. The third-order valence-electron chi connectivity index (χ3n) is 6.82. The summed E-state index contributed by atoms with van der Waals surface area (Å²) in [6, 6.07) is 10.5. The maximum atomic E-state index is 13.5. The molecule has 3 fully saturated rings. The van der Waals surface area contributed by atoms with Gasteiger partial charge in [0.25, 0.3) is 0 Å². The highest BCUT2D eigenvalue weighted by Gasteiger charge is 2.55. The van der Waals surface area contributed by atoms with E-state index in [1.54, 1.807) is 12.1 Å². The van der Waals surface area contributed by atoms with E-state index in [4.69, 9.17) is 9.72 Å². The van der Waals surface area contributed by atoms with E-state index in [1.807, 2.05) is 32.9 Å². The molecule has 166 valence electrons. The molecule has 0 radical (unpaired) electrons. The zero-order valence-corrected chi connectivity index (χ0v) is 19.1. The highest BCUT2D eigenvalue weighted by atomic mass is 32.2. The Morgan fingerprint density at radius 3 is 2.42 bits per heavy atom. The molecule has 2 saturated carbocycles. The van der Waals surface area contributed by atoms with Crippen molar-refractivity contribution in [2.24, 2.45) is 11.8 Å². The van der Waals surface area contributed by atoms with E-state index in [1.165, 1.54) is 12.1 Å². The molecule has 1 saturated heterocycles. The van der Waals surface area contributed by atoms with E-state index in [2.05, 4.69) is 10.0 Å². The standard InChI is InChI=1S/C24H30FN3O2S/c1-23(2,3)31(29)28-24(9-4-10-24)16-11-20(15-5-7-17(25)8-6-15)27-21(12-16)30-22-18-13-26-14-19(18)22/h5-8,11-12,18-19,22,26,28H,4,9-10,13-14H2,1-3H3/t18-,19+,22?,31?. The minimum absolute atomic E-state index is 0.207. The number of hydrogen-bond donors (Lipinski definition) is 2. The average Bonchev–Trinajstić information content (AvgIpc) is 3.10. The van der Waals surface area contributed by atoms with Crippen molar-refractivity contribution in [3.63, 3.8) is 0 Å². The van der Waals surface area contributed by atoms with Gasteiger partial charge in [0, 0.05) is 36.6 Å². The normalized spacial score (nSPS) is 27.3. The maximum absolute atomic E-state index is 13.5. The second kappa shape index (κ2) is 7.64. The molecule has 2 aliphatic carbocycles. The Bertz CT molecular complexity index is 991. The highest BCUT2D eigenvalue weighted by molar-refractivity contribution is 7.84. The first kappa shape index (κ1) is 21.0. The van der Waals surface area contributed by atoms with Crippen LogP contribution in [0.4, 0.5) is 4.39 Å². The minimum atomic E-state index is -1.19. The first-order valence-electron chi connectivity index (χ1n) is 11.1. The summed E-state index contributed by atoms with van der Waals surface area (Å²) in [6.45, 7) is 7.93. The van der Waals surface area contributed by atoms with Gasteiger partial charge in [-0.3, -0.25) is 0 Å². The van der Waals surface area contributed by atoms with E-state index < -0.39 is 11.0 Å². The Morgan fingerprint density at radius 2 is 1.84 bits per heavy atom. The third kappa shape index (κ3) is 4.03. The van der Waals surface area contributed by atoms with Crippen LogP contribution < -0.4 is 14.8 Å². The van der Waals surface area contributed by atoms with Crippen molar-refractivity contribution in [2.75, 3.05) is 13.1 Å². The Morgan fingerprint density at radius 1 is 1.16 bits per heavy atom. The molecular weight excluding hydrogens is 413 g/mol. The number of hydrogen-bond acceptors (Lipinski definition) is 4. The van der Waals surface area contributed by atoms with E-state index in [0.717, 1.165) is 49.2 Å². The third-order valence-corrected chi connectivity index (χ3v) is 8.50. The Kier molecular flexibility index (Phi) is 5.19. The van der Waals surface area contributed by atoms with Gasteiger partial charge in [0.05, 0.1) is 27.0 Å². The van der Waals surface area contributed by atoms with Gasteiger partial charge >= 0.3 is 0 Å². The fraction of sp³-hybridized carbons (Fsp3) is 0.542. The molecule has 1 aromatic heterocycles. The number of nitrogens with zero attached hydrogens (tertiary/aromatic N) is 1. The predicted octanol–water partition coefficient (Wildman–Crippen LogP) is 3.92. The molecule has 2 N–H and O–H groups in total. The predicted molar refractivity (Wildman–Crippen MR) is 120 cm³/mol. The fourth-order valence-electron chi connectivity index (χ4n) is 4.60. The second-order valence-electron chi connectivity index (χ2n) is 10.1. The van der Waals surface area contributed by atoms with Crippen LogP contribution in [0.3, 0.4) is 0 Å². The van der Waals surface area contributed by atoms with E-state index in [0.29, 0.717) is 17.7 Å². The van der Waals surface area contributed by atoms with Crippen LogP contribution in [0.15, 0.2) is 36.4 Å². The lowest BCUT2D eigenvalue weighted by molar-refractivity contribution is 0.221. The van der Waals surface area contributed by atoms with Crippen molar-refractivity contribution in [1.29, 1.82) is 0 Å². The monoisotopic (exact) mass is 443 g/mol. The number of aromatic nitrogens is 1. The largest absolute Gasteiger partial charge is 0.474 e. The molecule has 3 aliphatic rings. The first-order chi connectivity index (χ1) is 14.7. The Hall–Kier alpha value is -1.83. The van der Waals surface area contributed by atoms with Crippen LogP contribution in [-0.4, -0.2) is 33.1 Å². The molecule has 31 heavy (non-hydrogen) atoms. The van der Waals surface area contributed by atoms with E-state index in [-0.39, 0.29) is 22.2 Å². The summed E-state index contributed by atoms with van der Waals surface area (Å²) in [4.78, 5) is 4.77. The topological polar surface area (TPSA) is 63.2 Å². The van der Waals surface area contributed by atoms with Crippen LogP contribution in [0, 0.1) is 17.7 Å². The molecule has 2 aromatic rings. The molecule has 0 spiro atoms. The number of halogens is 1. The number of benzene rings is 1. The van der Waals surface area contributed by atoms with Gasteiger partial charge in [-0.1, -0.05) is 0 Å². The molecular formula is C24H30FN3O2S. The van der Waals surface area contributed by atoms with Crippen molar-refractivity contribution >= 4 is 11.0 Å². The molecule has 4 atom stereocenters. The molecule has 7 heteroatoms. The van der Waals surface area contributed by atoms with Gasteiger partial charge in [-0.2, -0.15) is 0 Å². The van der Waals surface area contributed by atoms with Crippen molar-refractivity contribution in [3.8, 4) is 17.1 Å². The zero-order valence-electron chi connectivity index (χ0n) is 18.3. The van der Waals surface area contributed by atoms with E-state index >= 15 is 0 Å². The highest BCUT2D eigenvalue weighted by Crippen LogP contribution is 2.47. The van der Waals surface area contributed by atoms with Crippen molar-refractivity contribution in [3.05, 3.63) is 47.8 Å². The zero-order chi connectivity index (χ0) is 21.8. The molecule has 0 bridgehead atoms. The average molecular weight is 444 g/mol. The number of ether oxygens (including phenoxy) is 1. The number of piperidine rings is 1. The number of pyridine rings is 1. The molecule has 0 amide bonds. The van der Waals surface area contributed by atoms with Crippen LogP contribution in [0.25, 0.3) is 11.3 Å². The lowest BCUT2D eigenvalue weighted by Gasteiger charge is -2.44. The molecule has 5 nitrogen and oxygen atoms in total. The summed E-state index contributed by atoms with van der Waals surface area (Å²) in [7, 11) is -1.19. The van der Waals surface area contributed by atoms with Gasteiger partial charge in [0.2, 0.25) is 5.88 Å². The molecule has 5 rings (SSSR count). The van der Waals surface area contributed by atoms with E-state index in [9.17, 15) is 8.60 Å². The summed E-state index contributed by atoms with van der Waals surface area (Å²) >= 11 is 0. The van der Waals surface area contributed by atoms with Crippen LogP contribution in [0.1, 0.15) is 45.6 Å². The second-order valence-corrected chi connectivity index (χ2v) is 12.0. The van der Waals surface area contributed by atoms with Crippen LogP contribution in [-0.2, 0) is 16.5 Å². The lowest BCUT2D eigenvalue weighted by atomic mass is 9.72. The quantitative estimate of drug-likeness (QED) is 0.711. The van der Waals surface area contributed by atoms with Gasteiger partial charge in [-0.25, -0.2) is 18.3 Å². The summed E-state index contributed by atoms with van der Waals surface area (Å²) in [5.41, 5.74) is 2.29. The SMILES string of the molecule is CC(C)(C)S(=O)NC1(c2cc(OC3[C@H]4CNC[C@@H]34)nc(-c3ccc(F)cc3)c2)CCC1. The molecule has 1 aliphatic heterocycles. The summed E-state index contributed by atoms with van der Waals surface area (Å²) in [6.07, 6.45) is 3.12. The minimum Gasteiger partial charge on any atom is -0.474 e. The van der Waals surface area contributed by atoms with Crippen molar-refractivity contribution < 1.29 is 13.3 Å². The van der Waals surface area contributed by atoms with Crippen LogP contribution in [0.2, 0.25) is 0 Å². The van der Waals surface area contributed by atoms with Gasteiger partial charge in [-0.05, 0) is 75.9 Å². The van der Waals surface area contributed by atoms with Gasteiger partial charge in [0.15, 0.2) is 0 Å². The molecule has 2 heterocycles. The van der Waals surface area contributed by atoms with Crippen LogP contribution in [0.5, 0.6) is 5.88 Å². The summed E-state index contributed by atoms with van der Waals surface area (Å²) in [5, 5.41) is 3.39. The Labute approximate surface area is 185 Å². The lowest BCUT2D eigenvalue weighted by Crippen LogP contribution is -2.52. The van der Waals surface area contributed by atoms with Gasteiger partial charge in [-0.15, -0.1) is 0 Å². The summed E-state index contributed by atoms with van der Waals surface area (Å²) < 4.78 is 35.8. The molecule has 2 unspecified atom stereocenters. The maximum Gasteiger partial charge on any atom is 0.214 e. The van der Waals surface area contributed by atoms with Crippen molar-refractivity contribution in [1.82, 2.24) is 15.0 Å². The van der Waals surface area contributed by atoms with Crippen molar-refractivity contribution in [2.45, 2.75) is 56.4 Å². The smallest absolute Gasteiger partial charge is 0.214 e. The number of nitrogens with one attached hydrogen (secondary N) is 2. The van der Waals surface area contributed by atoms with Gasteiger partial charge in [0.1, 0.15) is 11.9 Å². The first-order valence-corrected chi connectivity index (χ1v) is 12.3. The summed E-state index contributed by atoms with van der Waals surface area (Å²) in [5.74, 6) is 1.45. The Balaban J connectivity index is 1.50. The number of fused-ring (bicyclic) bond motifs is 1. The molecule has 1 aromatic carbocycles. The fourth-order valence-corrected chi connectivity index (χ4v) is 5.58. The van der Waals surface area contributed by atoms with Gasteiger partial charge < -0.3 is 10.1 Å². The van der Waals surface area contributed by atoms with Crippen LogP contribution >= 0.6 is 0 Å².